The molecule has 0 fully saturated rings. The third kappa shape index (κ3) is 3.96. The Morgan fingerprint density at radius 2 is 2.10 bits per heavy atom. The van der Waals surface area contributed by atoms with Crippen LogP contribution in [0.1, 0.15) is 17.0 Å². The minimum Gasteiger partial charge on any atom is -0.493 e. The molecule has 6 nitrogen and oxygen atoms in total. The Morgan fingerprint density at radius 3 is 2.81 bits per heavy atom. The summed E-state index contributed by atoms with van der Waals surface area (Å²) in [6.07, 6.45) is 0.722. The number of hydrogen-bond acceptors (Lipinski definition) is 6. The van der Waals surface area contributed by atoms with Gasteiger partial charge in [-0.1, -0.05) is 17.3 Å². The van der Waals surface area contributed by atoms with Crippen molar-refractivity contribution in [3.8, 4) is 11.5 Å². The highest BCUT2D eigenvalue weighted by Gasteiger charge is 2.12. The van der Waals surface area contributed by atoms with Gasteiger partial charge in [0.15, 0.2) is 17.3 Å². The van der Waals surface area contributed by atoms with E-state index in [4.69, 9.17) is 24.5 Å². The molecule has 0 unspecified atom stereocenters. The third-order valence-electron chi connectivity index (χ3n) is 2.95. The first-order valence-corrected chi connectivity index (χ1v) is 6.70. The molecule has 0 aliphatic heterocycles. The Bertz CT molecular complexity index is 569. The van der Waals surface area contributed by atoms with Crippen LogP contribution in [0.25, 0.3) is 0 Å². The van der Waals surface area contributed by atoms with E-state index in [1.807, 2.05) is 24.3 Å². The molecule has 6 heteroatoms. The van der Waals surface area contributed by atoms with E-state index in [-0.39, 0.29) is 0 Å². The fraction of sp³-hybridized carbons (Fsp3) is 0.400. The number of nitrogens with two attached hydrogens (primary N) is 1. The Hall–Kier alpha value is -2.05. The summed E-state index contributed by atoms with van der Waals surface area (Å²) >= 11 is 0. The summed E-state index contributed by atoms with van der Waals surface area (Å²) in [7, 11) is 3.22. The largest absolute Gasteiger partial charge is 0.493 e. The summed E-state index contributed by atoms with van der Waals surface area (Å²) < 4.78 is 21.3. The van der Waals surface area contributed by atoms with E-state index < -0.39 is 0 Å². The average Bonchev–Trinajstić information content (AvgIpc) is 2.94. The van der Waals surface area contributed by atoms with Gasteiger partial charge in [0.1, 0.15) is 18.9 Å². The molecule has 0 aliphatic carbocycles. The zero-order valence-electron chi connectivity index (χ0n) is 12.3. The van der Waals surface area contributed by atoms with Crippen molar-refractivity contribution < 1.29 is 18.7 Å². The second kappa shape index (κ2) is 7.66. The molecule has 2 rings (SSSR count). The number of para-hydroxylation sites is 1. The lowest BCUT2D eigenvalue weighted by Gasteiger charge is -2.13. The molecule has 1 aromatic heterocycles. The molecule has 0 amide bonds. The second-order valence-corrected chi connectivity index (χ2v) is 4.49. The van der Waals surface area contributed by atoms with Crippen molar-refractivity contribution in [1.82, 2.24) is 5.16 Å². The SMILES string of the molecule is COCc1cc(COc2c(CCN)cccc2OC)no1. The van der Waals surface area contributed by atoms with Gasteiger partial charge in [0.2, 0.25) is 0 Å². The molecule has 0 saturated heterocycles. The number of aromatic nitrogens is 1. The van der Waals surface area contributed by atoms with E-state index in [0.29, 0.717) is 42.7 Å². The zero-order valence-corrected chi connectivity index (χ0v) is 12.3. The molecule has 21 heavy (non-hydrogen) atoms. The number of methoxy groups -OCH3 is 2. The first-order chi connectivity index (χ1) is 10.3. The molecule has 0 radical (unpaired) electrons. The van der Waals surface area contributed by atoms with Gasteiger partial charge in [0.05, 0.1) is 7.11 Å². The fourth-order valence-corrected chi connectivity index (χ4v) is 2.02. The number of nitrogens with zero attached hydrogens (tertiary/aromatic N) is 1. The lowest BCUT2D eigenvalue weighted by molar-refractivity contribution is 0.155. The molecule has 1 heterocycles. The van der Waals surface area contributed by atoms with Crippen molar-refractivity contribution in [3.63, 3.8) is 0 Å². The summed E-state index contributed by atoms with van der Waals surface area (Å²) in [4.78, 5) is 0. The van der Waals surface area contributed by atoms with Crippen molar-refractivity contribution in [2.75, 3.05) is 20.8 Å². The highest BCUT2D eigenvalue weighted by atomic mass is 16.5. The maximum atomic E-state index is 5.85. The molecule has 114 valence electrons. The average molecular weight is 292 g/mol. The molecule has 1 aromatic carbocycles. The summed E-state index contributed by atoms with van der Waals surface area (Å²) in [5.41, 5.74) is 7.34. The van der Waals surface area contributed by atoms with Gasteiger partial charge < -0.3 is 24.5 Å². The van der Waals surface area contributed by atoms with Crippen molar-refractivity contribution >= 4 is 0 Å². The van der Waals surface area contributed by atoms with Gasteiger partial charge in [-0.25, -0.2) is 0 Å². The molecule has 2 N–H and O–H groups in total. The standard InChI is InChI=1S/C15H20N2O4/c1-18-10-13-8-12(17-21-13)9-20-15-11(6-7-16)4-3-5-14(15)19-2/h3-5,8H,6-7,9-10,16H2,1-2H3. The number of hydrogen-bond donors (Lipinski definition) is 1. The molecule has 2 aromatic rings. The van der Waals surface area contributed by atoms with Crippen LogP contribution in [0, 0.1) is 0 Å². The van der Waals surface area contributed by atoms with E-state index in [1.54, 1.807) is 14.2 Å². The maximum Gasteiger partial charge on any atom is 0.164 e. The van der Waals surface area contributed by atoms with E-state index >= 15 is 0 Å². The van der Waals surface area contributed by atoms with Crippen LogP contribution in [0.2, 0.25) is 0 Å². The van der Waals surface area contributed by atoms with Crippen molar-refractivity contribution in [2.24, 2.45) is 5.73 Å². The van der Waals surface area contributed by atoms with Crippen molar-refractivity contribution in [3.05, 3.63) is 41.3 Å². The Kier molecular flexibility index (Phi) is 5.59. The van der Waals surface area contributed by atoms with Crippen LogP contribution in [0.15, 0.2) is 28.8 Å². The van der Waals surface area contributed by atoms with Crippen LogP contribution in [0.5, 0.6) is 11.5 Å². The lowest BCUT2D eigenvalue weighted by Crippen LogP contribution is -2.06. The highest BCUT2D eigenvalue weighted by Crippen LogP contribution is 2.32. The number of ether oxygens (including phenoxy) is 3. The van der Waals surface area contributed by atoms with E-state index in [2.05, 4.69) is 5.16 Å². The molecule has 0 saturated carbocycles. The van der Waals surface area contributed by atoms with Gasteiger partial charge in [0.25, 0.3) is 0 Å². The van der Waals surface area contributed by atoms with Gasteiger partial charge in [0, 0.05) is 13.2 Å². The van der Waals surface area contributed by atoms with Crippen molar-refractivity contribution in [2.45, 2.75) is 19.6 Å². The van der Waals surface area contributed by atoms with E-state index in [9.17, 15) is 0 Å². The zero-order chi connectivity index (χ0) is 15.1. The third-order valence-corrected chi connectivity index (χ3v) is 2.95. The van der Waals surface area contributed by atoms with Crippen molar-refractivity contribution in [1.29, 1.82) is 0 Å². The van der Waals surface area contributed by atoms with Gasteiger partial charge >= 0.3 is 0 Å². The molecule has 0 bridgehead atoms. The molecular weight excluding hydrogens is 272 g/mol. The van der Waals surface area contributed by atoms with Crippen LogP contribution in [-0.2, 0) is 24.4 Å². The monoisotopic (exact) mass is 292 g/mol. The van der Waals surface area contributed by atoms with Crippen LogP contribution < -0.4 is 15.2 Å². The van der Waals surface area contributed by atoms with Crippen LogP contribution in [0.4, 0.5) is 0 Å². The minimum absolute atomic E-state index is 0.297. The normalized spacial score (nSPS) is 10.6. The fourth-order valence-electron chi connectivity index (χ4n) is 2.02. The van der Waals surface area contributed by atoms with Crippen LogP contribution in [-0.4, -0.2) is 25.9 Å². The van der Waals surface area contributed by atoms with Gasteiger partial charge in [-0.05, 0) is 24.6 Å². The Labute approximate surface area is 123 Å². The number of rotatable bonds is 8. The maximum absolute atomic E-state index is 5.85. The lowest BCUT2D eigenvalue weighted by atomic mass is 10.1. The van der Waals surface area contributed by atoms with Crippen LogP contribution >= 0.6 is 0 Å². The molecular formula is C15H20N2O4. The first kappa shape index (κ1) is 15.3. The molecule has 0 atom stereocenters. The predicted octanol–water partition coefficient (Wildman–Crippen LogP) is 1.91. The Morgan fingerprint density at radius 1 is 1.24 bits per heavy atom. The summed E-state index contributed by atoms with van der Waals surface area (Å²) in [5.74, 6) is 2.04. The Balaban J connectivity index is 2.10. The topological polar surface area (TPSA) is 79.7 Å². The smallest absolute Gasteiger partial charge is 0.164 e. The molecule has 0 spiro atoms. The molecule has 0 aliphatic rings. The van der Waals surface area contributed by atoms with Gasteiger partial charge in [-0.2, -0.15) is 0 Å². The summed E-state index contributed by atoms with van der Waals surface area (Å²) in [5, 5.41) is 3.94. The number of benzene rings is 1. The van der Waals surface area contributed by atoms with E-state index in [1.165, 1.54) is 0 Å². The van der Waals surface area contributed by atoms with Crippen LogP contribution in [0.3, 0.4) is 0 Å². The quantitative estimate of drug-likeness (QED) is 0.800. The second-order valence-electron chi connectivity index (χ2n) is 4.49. The summed E-state index contributed by atoms with van der Waals surface area (Å²) in [6, 6.07) is 7.56. The first-order valence-electron chi connectivity index (χ1n) is 6.70. The van der Waals surface area contributed by atoms with Gasteiger partial charge in [-0.15, -0.1) is 0 Å². The summed E-state index contributed by atoms with van der Waals surface area (Å²) in [6.45, 7) is 1.23. The van der Waals surface area contributed by atoms with E-state index in [0.717, 1.165) is 12.0 Å². The minimum atomic E-state index is 0.297. The van der Waals surface area contributed by atoms with Gasteiger partial charge in [-0.3, -0.25) is 0 Å². The predicted molar refractivity (Wildman–Crippen MR) is 77.3 cm³/mol. The highest BCUT2D eigenvalue weighted by molar-refractivity contribution is 5.46.